The van der Waals surface area contributed by atoms with Crippen molar-refractivity contribution in [3.63, 3.8) is 0 Å². The quantitative estimate of drug-likeness (QED) is 0.883. The molecule has 2 aromatic rings. The van der Waals surface area contributed by atoms with Crippen LogP contribution in [0.4, 0.5) is 5.69 Å². The molecule has 0 saturated heterocycles. The molecule has 1 unspecified atom stereocenters. The lowest BCUT2D eigenvalue weighted by Gasteiger charge is -2.28. The van der Waals surface area contributed by atoms with E-state index in [0.29, 0.717) is 22.9 Å². The van der Waals surface area contributed by atoms with Crippen molar-refractivity contribution in [3.05, 3.63) is 52.5 Å². The molecule has 0 aromatic heterocycles. The number of fused-ring (bicyclic) bond motifs is 1. The SMILES string of the molecule is CS(=O)(=O)c1ccc2c(c1)NCC(c1cccc(Br)c1)O2. The van der Waals surface area contributed by atoms with Gasteiger partial charge in [-0.05, 0) is 35.9 Å². The summed E-state index contributed by atoms with van der Waals surface area (Å²) >= 11 is 3.45. The topological polar surface area (TPSA) is 55.4 Å². The molecule has 4 nitrogen and oxygen atoms in total. The van der Waals surface area contributed by atoms with Crippen LogP contribution in [0.3, 0.4) is 0 Å². The number of hydrogen-bond acceptors (Lipinski definition) is 4. The fourth-order valence-electron chi connectivity index (χ4n) is 2.27. The normalized spacial score (nSPS) is 17.5. The van der Waals surface area contributed by atoms with Crippen molar-refractivity contribution in [3.8, 4) is 5.75 Å². The van der Waals surface area contributed by atoms with Gasteiger partial charge in [-0.15, -0.1) is 0 Å². The fourth-order valence-corrected chi connectivity index (χ4v) is 3.34. The minimum absolute atomic E-state index is 0.0981. The molecule has 1 aliphatic heterocycles. The number of benzene rings is 2. The third kappa shape index (κ3) is 3.06. The molecule has 1 aliphatic rings. The van der Waals surface area contributed by atoms with Crippen LogP contribution in [0.1, 0.15) is 11.7 Å². The summed E-state index contributed by atoms with van der Waals surface area (Å²) in [4.78, 5) is 0.290. The molecular weight excluding hydrogens is 354 g/mol. The van der Waals surface area contributed by atoms with E-state index in [1.165, 1.54) is 6.26 Å². The smallest absolute Gasteiger partial charge is 0.175 e. The molecule has 1 N–H and O–H groups in total. The molecule has 0 bridgehead atoms. The van der Waals surface area contributed by atoms with E-state index in [0.717, 1.165) is 10.0 Å². The summed E-state index contributed by atoms with van der Waals surface area (Å²) in [5.41, 5.74) is 1.78. The highest BCUT2D eigenvalue weighted by Crippen LogP contribution is 2.36. The number of hydrogen-bond donors (Lipinski definition) is 1. The molecule has 0 radical (unpaired) electrons. The molecule has 2 aromatic carbocycles. The van der Waals surface area contributed by atoms with Gasteiger partial charge in [0.05, 0.1) is 17.1 Å². The predicted molar refractivity (Wildman–Crippen MR) is 85.6 cm³/mol. The van der Waals surface area contributed by atoms with E-state index in [2.05, 4.69) is 21.2 Å². The second-order valence-corrected chi connectivity index (χ2v) is 7.90. The molecule has 1 heterocycles. The van der Waals surface area contributed by atoms with Gasteiger partial charge in [0.25, 0.3) is 0 Å². The van der Waals surface area contributed by atoms with Crippen LogP contribution >= 0.6 is 15.9 Å². The summed E-state index contributed by atoms with van der Waals surface area (Å²) in [5.74, 6) is 0.665. The number of anilines is 1. The van der Waals surface area contributed by atoms with Gasteiger partial charge < -0.3 is 10.1 Å². The van der Waals surface area contributed by atoms with Gasteiger partial charge in [0.15, 0.2) is 9.84 Å². The van der Waals surface area contributed by atoms with Gasteiger partial charge in [-0.3, -0.25) is 0 Å². The van der Waals surface area contributed by atoms with Crippen LogP contribution in [0.25, 0.3) is 0 Å². The van der Waals surface area contributed by atoms with Crippen molar-refractivity contribution in [1.29, 1.82) is 0 Å². The zero-order chi connectivity index (χ0) is 15.0. The van der Waals surface area contributed by atoms with Gasteiger partial charge in [-0.25, -0.2) is 8.42 Å². The highest BCUT2D eigenvalue weighted by atomic mass is 79.9. The molecule has 21 heavy (non-hydrogen) atoms. The Balaban J connectivity index is 1.90. The summed E-state index contributed by atoms with van der Waals surface area (Å²) < 4.78 is 30.1. The third-order valence-electron chi connectivity index (χ3n) is 3.35. The first-order valence-electron chi connectivity index (χ1n) is 6.43. The van der Waals surface area contributed by atoms with Gasteiger partial charge >= 0.3 is 0 Å². The minimum Gasteiger partial charge on any atom is -0.482 e. The van der Waals surface area contributed by atoms with Crippen LogP contribution in [0.15, 0.2) is 51.8 Å². The van der Waals surface area contributed by atoms with Crippen LogP contribution in [0, 0.1) is 0 Å². The van der Waals surface area contributed by atoms with E-state index < -0.39 is 9.84 Å². The van der Waals surface area contributed by atoms with Gasteiger partial charge in [0, 0.05) is 10.7 Å². The van der Waals surface area contributed by atoms with E-state index in [4.69, 9.17) is 4.74 Å². The number of nitrogens with one attached hydrogen (secondary N) is 1. The number of ether oxygens (including phenoxy) is 1. The van der Waals surface area contributed by atoms with Crippen LogP contribution < -0.4 is 10.1 Å². The molecular formula is C15H14BrNO3S. The zero-order valence-corrected chi connectivity index (χ0v) is 13.7. The lowest BCUT2D eigenvalue weighted by Crippen LogP contribution is -2.23. The Kier molecular flexibility index (Phi) is 3.67. The lowest BCUT2D eigenvalue weighted by molar-refractivity contribution is 0.210. The van der Waals surface area contributed by atoms with Gasteiger partial charge in [0.2, 0.25) is 0 Å². The average molecular weight is 368 g/mol. The maximum absolute atomic E-state index is 11.6. The molecule has 0 spiro atoms. The van der Waals surface area contributed by atoms with E-state index in [1.54, 1.807) is 18.2 Å². The van der Waals surface area contributed by atoms with Gasteiger partial charge in [0.1, 0.15) is 11.9 Å². The van der Waals surface area contributed by atoms with Crippen molar-refractivity contribution < 1.29 is 13.2 Å². The first-order valence-corrected chi connectivity index (χ1v) is 9.12. The van der Waals surface area contributed by atoms with Crippen molar-refractivity contribution in [1.82, 2.24) is 0 Å². The highest BCUT2D eigenvalue weighted by Gasteiger charge is 2.22. The van der Waals surface area contributed by atoms with Gasteiger partial charge in [-0.1, -0.05) is 28.1 Å². The molecule has 6 heteroatoms. The van der Waals surface area contributed by atoms with Crippen LogP contribution in [-0.2, 0) is 9.84 Å². The largest absolute Gasteiger partial charge is 0.482 e. The van der Waals surface area contributed by atoms with E-state index >= 15 is 0 Å². The van der Waals surface area contributed by atoms with Crippen molar-refractivity contribution in [2.45, 2.75) is 11.0 Å². The second kappa shape index (κ2) is 5.35. The second-order valence-electron chi connectivity index (χ2n) is 4.97. The maximum atomic E-state index is 11.6. The van der Waals surface area contributed by atoms with Crippen molar-refractivity contribution in [2.24, 2.45) is 0 Å². The molecule has 0 fully saturated rings. The predicted octanol–water partition coefficient (Wildman–Crippen LogP) is 3.40. The first-order chi connectivity index (χ1) is 9.93. The molecule has 110 valence electrons. The summed E-state index contributed by atoms with van der Waals surface area (Å²) in [5, 5.41) is 3.24. The average Bonchev–Trinajstić information content (AvgIpc) is 2.45. The van der Waals surface area contributed by atoms with E-state index in [9.17, 15) is 8.42 Å². The number of rotatable bonds is 2. The Morgan fingerprint density at radius 2 is 2.05 bits per heavy atom. The molecule has 0 saturated carbocycles. The number of sulfone groups is 1. The molecule has 3 rings (SSSR count). The Morgan fingerprint density at radius 3 is 2.76 bits per heavy atom. The summed E-state index contributed by atoms with van der Waals surface area (Å²) in [6, 6.07) is 12.8. The maximum Gasteiger partial charge on any atom is 0.175 e. The summed E-state index contributed by atoms with van der Waals surface area (Å²) in [6.07, 6.45) is 1.10. The fraction of sp³-hybridized carbons (Fsp3) is 0.200. The lowest BCUT2D eigenvalue weighted by atomic mass is 10.1. The molecule has 1 atom stereocenters. The van der Waals surface area contributed by atoms with E-state index in [1.807, 2.05) is 24.3 Å². The monoisotopic (exact) mass is 367 g/mol. The van der Waals surface area contributed by atoms with Crippen LogP contribution in [0.2, 0.25) is 0 Å². The minimum atomic E-state index is -3.21. The Hall–Kier alpha value is -1.53. The Labute approximate surface area is 132 Å². The summed E-state index contributed by atoms with van der Waals surface area (Å²) in [6.45, 7) is 0.594. The highest BCUT2D eigenvalue weighted by molar-refractivity contribution is 9.10. The Bertz CT molecular complexity index is 789. The van der Waals surface area contributed by atoms with Crippen molar-refractivity contribution in [2.75, 3.05) is 18.1 Å². The first kappa shape index (κ1) is 14.4. The molecule has 0 amide bonds. The van der Waals surface area contributed by atoms with Gasteiger partial charge in [-0.2, -0.15) is 0 Å². The molecule has 0 aliphatic carbocycles. The Morgan fingerprint density at radius 1 is 1.24 bits per heavy atom. The third-order valence-corrected chi connectivity index (χ3v) is 4.95. The van der Waals surface area contributed by atoms with Crippen LogP contribution in [-0.4, -0.2) is 21.2 Å². The number of halogens is 1. The van der Waals surface area contributed by atoms with E-state index in [-0.39, 0.29) is 6.10 Å². The summed E-state index contributed by atoms with van der Waals surface area (Å²) in [7, 11) is -3.21. The van der Waals surface area contributed by atoms with Crippen LogP contribution in [0.5, 0.6) is 5.75 Å². The standard InChI is InChI=1S/C15H14BrNO3S/c1-21(18,19)12-5-6-14-13(8-12)17-9-15(20-14)10-3-2-4-11(16)7-10/h2-8,15,17H,9H2,1H3. The van der Waals surface area contributed by atoms with Crippen molar-refractivity contribution >= 4 is 31.5 Å². The zero-order valence-electron chi connectivity index (χ0n) is 11.3.